The molecule has 0 saturated carbocycles. The molecule has 3 amide bonds. The first-order valence-electron chi connectivity index (χ1n) is 11.4. The van der Waals surface area contributed by atoms with Crippen LogP contribution in [0.15, 0.2) is 53.3 Å². The molecule has 2 saturated heterocycles. The van der Waals surface area contributed by atoms with Crippen LogP contribution in [-0.4, -0.2) is 90.2 Å². The molecular weight excluding hydrogens is 422 g/mol. The van der Waals surface area contributed by atoms with Crippen LogP contribution in [0.1, 0.15) is 10.6 Å². The van der Waals surface area contributed by atoms with Crippen molar-refractivity contribution in [1.82, 2.24) is 19.3 Å². The average Bonchev–Trinajstić information content (AvgIpc) is 3.53. The van der Waals surface area contributed by atoms with E-state index in [4.69, 9.17) is 9.15 Å². The van der Waals surface area contributed by atoms with Gasteiger partial charge in [-0.15, -0.1) is 0 Å². The highest BCUT2D eigenvalue weighted by Gasteiger charge is 2.26. The number of morpholine rings is 1. The van der Waals surface area contributed by atoms with Crippen LogP contribution in [-0.2, 0) is 11.3 Å². The fourth-order valence-corrected chi connectivity index (χ4v) is 4.42. The topological polar surface area (TPSA) is 83.2 Å². The number of piperazine rings is 1. The van der Waals surface area contributed by atoms with Crippen LogP contribution in [0.4, 0.5) is 10.5 Å². The highest BCUT2D eigenvalue weighted by atomic mass is 16.5. The van der Waals surface area contributed by atoms with Gasteiger partial charge in [-0.25, -0.2) is 4.79 Å². The Morgan fingerprint density at radius 2 is 1.70 bits per heavy atom. The van der Waals surface area contributed by atoms with Gasteiger partial charge in [0, 0.05) is 75.1 Å². The third-order valence-corrected chi connectivity index (χ3v) is 6.37. The molecule has 9 heteroatoms. The molecule has 0 atom stereocenters. The van der Waals surface area contributed by atoms with Gasteiger partial charge in [0.05, 0.1) is 19.5 Å². The summed E-state index contributed by atoms with van der Waals surface area (Å²) in [6.45, 7) is 7.46. The zero-order chi connectivity index (χ0) is 22.6. The molecule has 33 heavy (non-hydrogen) atoms. The van der Waals surface area contributed by atoms with Crippen molar-refractivity contribution < 1.29 is 18.7 Å². The van der Waals surface area contributed by atoms with Crippen LogP contribution in [0.2, 0.25) is 0 Å². The molecule has 2 aromatic heterocycles. The van der Waals surface area contributed by atoms with E-state index in [1.807, 2.05) is 12.1 Å². The van der Waals surface area contributed by atoms with E-state index in [1.54, 1.807) is 21.9 Å². The van der Waals surface area contributed by atoms with Crippen molar-refractivity contribution in [3.05, 3.63) is 54.6 Å². The molecule has 4 heterocycles. The third kappa shape index (κ3) is 4.89. The number of hydrogen-bond acceptors (Lipinski definition) is 5. The zero-order valence-corrected chi connectivity index (χ0v) is 18.6. The van der Waals surface area contributed by atoms with Crippen LogP contribution in [0.5, 0.6) is 0 Å². The Hall–Kier alpha value is -3.30. The molecule has 2 aliphatic rings. The summed E-state index contributed by atoms with van der Waals surface area (Å²) in [4.78, 5) is 31.0. The summed E-state index contributed by atoms with van der Waals surface area (Å²) in [5.41, 5.74) is 1.93. The lowest BCUT2D eigenvalue weighted by molar-refractivity contribution is 0.0365. The maximum Gasteiger partial charge on any atom is 0.321 e. The fourth-order valence-electron chi connectivity index (χ4n) is 4.42. The van der Waals surface area contributed by atoms with Gasteiger partial charge in [-0.3, -0.25) is 9.69 Å². The summed E-state index contributed by atoms with van der Waals surface area (Å²) in [6.07, 6.45) is 3.60. The SMILES string of the molecule is O=C(Nc1ccc2c(ccn2CCN2CCOCC2)c1)N1CCN(C(=O)c2ccco2)CC1. The number of aromatic nitrogens is 1. The molecule has 0 unspecified atom stereocenters. The molecule has 5 rings (SSSR count). The molecule has 2 aliphatic heterocycles. The summed E-state index contributed by atoms with van der Waals surface area (Å²) in [5.74, 6) is 0.196. The second-order valence-corrected chi connectivity index (χ2v) is 8.42. The van der Waals surface area contributed by atoms with Gasteiger partial charge >= 0.3 is 6.03 Å². The van der Waals surface area contributed by atoms with Gasteiger partial charge < -0.3 is 28.8 Å². The van der Waals surface area contributed by atoms with Gasteiger partial charge in [-0.1, -0.05) is 0 Å². The number of amides is 3. The Bertz CT molecular complexity index is 1100. The van der Waals surface area contributed by atoms with Crippen molar-refractivity contribution in [2.24, 2.45) is 0 Å². The molecule has 2 fully saturated rings. The molecule has 0 spiro atoms. The first-order valence-corrected chi connectivity index (χ1v) is 11.4. The molecule has 174 valence electrons. The predicted molar refractivity (Wildman–Crippen MR) is 124 cm³/mol. The molecular formula is C24H29N5O4. The number of carbonyl (C=O) groups is 2. The number of anilines is 1. The standard InChI is InChI=1S/C24H29N5O4/c30-23(22-2-1-15-33-22)28-9-11-29(12-10-28)24(31)25-20-3-4-21-19(18-20)5-6-27(21)8-7-26-13-16-32-17-14-26/h1-6,15,18H,7-14,16-17H2,(H,25,31). The van der Waals surface area contributed by atoms with E-state index < -0.39 is 0 Å². The van der Waals surface area contributed by atoms with E-state index in [1.165, 1.54) is 6.26 Å². The van der Waals surface area contributed by atoms with Gasteiger partial charge in [-0.2, -0.15) is 0 Å². The number of fused-ring (bicyclic) bond motifs is 1. The summed E-state index contributed by atoms with van der Waals surface area (Å²) < 4.78 is 12.9. The summed E-state index contributed by atoms with van der Waals surface area (Å²) in [7, 11) is 0. The van der Waals surface area contributed by atoms with Crippen molar-refractivity contribution in [3.8, 4) is 0 Å². The van der Waals surface area contributed by atoms with Crippen LogP contribution in [0.25, 0.3) is 10.9 Å². The number of nitrogens with zero attached hydrogens (tertiary/aromatic N) is 4. The fraction of sp³-hybridized carbons (Fsp3) is 0.417. The number of urea groups is 1. The quantitative estimate of drug-likeness (QED) is 0.645. The molecule has 3 aromatic rings. The Labute approximate surface area is 192 Å². The normalized spacial score (nSPS) is 17.5. The van der Waals surface area contributed by atoms with E-state index in [-0.39, 0.29) is 11.9 Å². The lowest BCUT2D eigenvalue weighted by Gasteiger charge is -2.34. The van der Waals surface area contributed by atoms with E-state index >= 15 is 0 Å². The first kappa shape index (κ1) is 21.5. The number of furan rings is 1. The lowest BCUT2D eigenvalue weighted by atomic mass is 10.2. The summed E-state index contributed by atoms with van der Waals surface area (Å²) in [5, 5.41) is 4.10. The maximum absolute atomic E-state index is 12.8. The van der Waals surface area contributed by atoms with Gasteiger partial charge in [-0.05, 0) is 36.4 Å². The maximum atomic E-state index is 12.8. The number of ether oxygens (including phenoxy) is 1. The second kappa shape index (κ2) is 9.68. The van der Waals surface area contributed by atoms with Gasteiger partial charge in [0.1, 0.15) is 0 Å². The minimum Gasteiger partial charge on any atom is -0.459 e. The average molecular weight is 452 g/mol. The number of rotatable bonds is 5. The Kier molecular flexibility index (Phi) is 6.32. The highest BCUT2D eigenvalue weighted by Crippen LogP contribution is 2.21. The van der Waals surface area contributed by atoms with Crippen molar-refractivity contribution in [3.63, 3.8) is 0 Å². The van der Waals surface area contributed by atoms with Crippen LogP contribution in [0, 0.1) is 0 Å². The number of benzene rings is 1. The van der Waals surface area contributed by atoms with Crippen LogP contribution in [0.3, 0.4) is 0 Å². The Morgan fingerprint density at radius 1 is 0.909 bits per heavy atom. The van der Waals surface area contributed by atoms with Gasteiger partial charge in [0.2, 0.25) is 0 Å². The lowest BCUT2D eigenvalue weighted by Crippen LogP contribution is -2.51. The van der Waals surface area contributed by atoms with Crippen molar-refractivity contribution in [1.29, 1.82) is 0 Å². The minimum atomic E-state index is -0.147. The number of nitrogens with one attached hydrogen (secondary N) is 1. The predicted octanol–water partition coefficient (Wildman–Crippen LogP) is 2.56. The number of hydrogen-bond donors (Lipinski definition) is 1. The minimum absolute atomic E-state index is 0.136. The summed E-state index contributed by atoms with van der Waals surface area (Å²) in [6, 6.07) is 11.3. The van der Waals surface area contributed by atoms with Crippen LogP contribution >= 0.6 is 0 Å². The molecule has 1 N–H and O–H groups in total. The van der Waals surface area contributed by atoms with Gasteiger partial charge in [0.25, 0.3) is 5.91 Å². The third-order valence-electron chi connectivity index (χ3n) is 6.37. The van der Waals surface area contributed by atoms with Crippen molar-refractivity contribution in [2.75, 3.05) is 64.3 Å². The van der Waals surface area contributed by atoms with Crippen LogP contribution < -0.4 is 5.32 Å². The van der Waals surface area contributed by atoms with E-state index in [9.17, 15) is 9.59 Å². The smallest absolute Gasteiger partial charge is 0.321 e. The number of carbonyl (C=O) groups excluding carboxylic acids is 2. The zero-order valence-electron chi connectivity index (χ0n) is 18.6. The van der Waals surface area contributed by atoms with E-state index in [0.717, 1.165) is 56.0 Å². The first-order chi connectivity index (χ1) is 16.2. The largest absolute Gasteiger partial charge is 0.459 e. The molecule has 0 radical (unpaired) electrons. The summed E-state index contributed by atoms with van der Waals surface area (Å²) >= 11 is 0. The molecule has 9 nitrogen and oxygen atoms in total. The Morgan fingerprint density at radius 3 is 2.45 bits per heavy atom. The van der Waals surface area contributed by atoms with Gasteiger partial charge in [0.15, 0.2) is 5.76 Å². The van der Waals surface area contributed by atoms with E-state index in [2.05, 4.69) is 33.1 Å². The molecule has 1 aromatic carbocycles. The molecule has 0 bridgehead atoms. The van der Waals surface area contributed by atoms with Crippen molar-refractivity contribution >= 4 is 28.5 Å². The molecule has 0 aliphatic carbocycles. The monoisotopic (exact) mass is 451 g/mol. The highest BCUT2D eigenvalue weighted by molar-refractivity contribution is 5.94. The van der Waals surface area contributed by atoms with Crippen molar-refractivity contribution in [2.45, 2.75) is 6.54 Å². The van der Waals surface area contributed by atoms with E-state index in [0.29, 0.717) is 31.9 Å². The Balaban J connectivity index is 1.15. The second-order valence-electron chi connectivity index (χ2n) is 8.42.